The summed E-state index contributed by atoms with van der Waals surface area (Å²) in [6.45, 7) is 1.74. The largest absolute Gasteiger partial charge is 0.382 e. The molecule has 3 heterocycles. The number of rotatable bonds is 6. The monoisotopic (exact) mass is 466 g/mol. The first-order valence-corrected chi connectivity index (χ1v) is 11.9. The van der Waals surface area contributed by atoms with Gasteiger partial charge in [-0.25, -0.2) is 15.0 Å². The summed E-state index contributed by atoms with van der Waals surface area (Å²) in [6.07, 6.45) is 8.16. The maximum absolute atomic E-state index is 12.8. The minimum absolute atomic E-state index is 0.0433. The highest BCUT2D eigenvalue weighted by Crippen LogP contribution is 2.48. The van der Waals surface area contributed by atoms with E-state index >= 15 is 0 Å². The van der Waals surface area contributed by atoms with E-state index in [1.54, 1.807) is 6.33 Å². The second-order valence-electron chi connectivity index (χ2n) is 9.61. The van der Waals surface area contributed by atoms with E-state index in [2.05, 4.69) is 31.2 Å². The number of nitrogens with two attached hydrogens (primary N) is 2. The maximum Gasteiger partial charge on any atom is 0.242 e. The van der Waals surface area contributed by atoms with Gasteiger partial charge in [0.1, 0.15) is 17.4 Å². The first kappa shape index (κ1) is 20.7. The number of hydrogen-bond acceptors (Lipinski definition) is 7. The Kier molecular flexibility index (Phi) is 4.74. The van der Waals surface area contributed by atoms with Gasteiger partial charge in [-0.05, 0) is 55.7 Å². The van der Waals surface area contributed by atoms with Gasteiger partial charge in [0.2, 0.25) is 5.91 Å². The smallest absolute Gasteiger partial charge is 0.242 e. The van der Waals surface area contributed by atoms with Crippen LogP contribution in [0.25, 0.3) is 11.2 Å². The highest BCUT2D eigenvalue weighted by atomic mass is 35.5. The van der Waals surface area contributed by atoms with Gasteiger partial charge in [0.25, 0.3) is 0 Å². The Balaban J connectivity index is 1.37. The zero-order valence-electron chi connectivity index (χ0n) is 18.3. The molecule has 1 aromatic carbocycles. The fourth-order valence-corrected chi connectivity index (χ4v) is 5.20. The molecular formula is C23H27ClN8O. The number of carbonyl (C=O) groups excluding carboxylic acids is 1. The molecule has 9 nitrogen and oxygen atoms in total. The third kappa shape index (κ3) is 3.69. The molecule has 1 saturated heterocycles. The molecule has 172 valence electrons. The molecule has 33 heavy (non-hydrogen) atoms. The third-order valence-electron chi connectivity index (χ3n) is 7.03. The van der Waals surface area contributed by atoms with Crippen LogP contribution in [0.2, 0.25) is 5.02 Å². The zero-order chi connectivity index (χ0) is 22.7. The van der Waals surface area contributed by atoms with Crippen LogP contribution < -0.4 is 21.7 Å². The van der Waals surface area contributed by atoms with Gasteiger partial charge >= 0.3 is 0 Å². The van der Waals surface area contributed by atoms with Crippen LogP contribution in [0.15, 0.2) is 24.8 Å². The van der Waals surface area contributed by atoms with E-state index in [9.17, 15) is 4.79 Å². The summed E-state index contributed by atoms with van der Waals surface area (Å²) in [6, 6.07) is 4.32. The van der Waals surface area contributed by atoms with Crippen molar-refractivity contribution >= 4 is 40.2 Å². The summed E-state index contributed by atoms with van der Waals surface area (Å²) in [4.78, 5) is 27.9. The molecule has 1 amide bonds. The number of nitrogens with zero attached hydrogens (tertiary/aromatic N) is 5. The summed E-state index contributed by atoms with van der Waals surface area (Å²) in [5.41, 5.74) is 16.4. The lowest BCUT2D eigenvalue weighted by Gasteiger charge is -2.27. The molecule has 0 spiro atoms. The molecule has 1 aliphatic heterocycles. The van der Waals surface area contributed by atoms with E-state index in [-0.39, 0.29) is 5.91 Å². The molecule has 10 heteroatoms. The molecule has 2 saturated carbocycles. The lowest BCUT2D eigenvalue weighted by molar-refractivity contribution is -0.125. The van der Waals surface area contributed by atoms with Gasteiger partial charge in [0.05, 0.1) is 12.9 Å². The normalized spacial score (nSPS) is 22.8. The van der Waals surface area contributed by atoms with Crippen molar-refractivity contribution in [3.05, 3.63) is 40.9 Å². The van der Waals surface area contributed by atoms with Gasteiger partial charge < -0.3 is 26.3 Å². The SMILES string of the molecule is Nc1ncnc2c1ncn2Cc1c(N2CCC(N)(C(=O)NC3CC3)C2)ccc(Cl)c1C1CC1. The Morgan fingerprint density at radius 1 is 1.21 bits per heavy atom. The average Bonchev–Trinajstić information content (AvgIpc) is 3.71. The number of aromatic nitrogens is 4. The summed E-state index contributed by atoms with van der Waals surface area (Å²) >= 11 is 6.72. The molecule has 1 unspecified atom stereocenters. The molecule has 5 N–H and O–H groups in total. The van der Waals surface area contributed by atoms with Crippen molar-refractivity contribution in [1.82, 2.24) is 24.8 Å². The molecule has 3 aromatic rings. The lowest BCUT2D eigenvalue weighted by Crippen LogP contribution is -2.56. The van der Waals surface area contributed by atoms with Crippen molar-refractivity contribution in [3.8, 4) is 0 Å². The molecular weight excluding hydrogens is 440 g/mol. The fourth-order valence-electron chi connectivity index (χ4n) is 4.87. The van der Waals surface area contributed by atoms with Crippen LogP contribution in [0.1, 0.15) is 49.1 Å². The van der Waals surface area contributed by atoms with Gasteiger partial charge in [-0.3, -0.25) is 4.79 Å². The van der Waals surface area contributed by atoms with Crippen molar-refractivity contribution in [1.29, 1.82) is 0 Å². The number of halogens is 1. The summed E-state index contributed by atoms with van der Waals surface area (Å²) in [7, 11) is 0. The second-order valence-corrected chi connectivity index (χ2v) is 10.0. The molecule has 3 aliphatic rings. The van der Waals surface area contributed by atoms with Crippen LogP contribution in [0.4, 0.5) is 11.5 Å². The summed E-state index contributed by atoms with van der Waals surface area (Å²) in [5, 5.41) is 3.86. The number of benzene rings is 1. The van der Waals surface area contributed by atoms with Gasteiger partial charge in [0.15, 0.2) is 11.5 Å². The second kappa shape index (κ2) is 7.56. The molecule has 2 aliphatic carbocycles. The number of nitrogen functional groups attached to an aromatic ring is 1. The molecule has 6 rings (SSSR count). The Morgan fingerprint density at radius 3 is 2.79 bits per heavy atom. The molecule has 0 bridgehead atoms. The Hall–Kier alpha value is -2.91. The van der Waals surface area contributed by atoms with Crippen molar-refractivity contribution < 1.29 is 4.79 Å². The average molecular weight is 467 g/mol. The molecule has 1 atom stereocenters. The van der Waals surface area contributed by atoms with Crippen LogP contribution in [0.5, 0.6) is 0 Å². The Morgan fingerprint density at radius 2 is 2.03 bits per heavy atom. The number of anilines is 2. The van der Waals surface area contributed by atoms with E-state index < -0.39 is 5.54 Å². The first-order chi connectivity index (χ1) is 15.9. The van der Waals surface area contributed by atoms with Gasteiger partial charge in [-0.15, -0.1) is 0 Å². The quantitative estimate of drug-likeness (QED) is 0.507. The number of amides is 1. The lowest BCUT2D eigenvalue weighted by atomic mass is 9.98. The molecule has 0 radical (unpaired) electrons. The number of fused-ring (bicyclic) bond motifs is 1. The summed E-state index contributed by atoms with van der Waals surface area (Å²) in [5.74, 6) is 0.769. The minimum Gasteiger partial charge on any atom is -0.382 e. The van der Waals surface area contributed by atoms with Crippen LogP contribution in [0.3, 0.4) is 0 Å². The number of carbonyl (C=O) groups is 1. The van der Waals surface area contributed by atoms with E-state index in [0.717, 1.165) is 42.0 Å². The van der Waals surface area contributed by atoms with Gasteiger partial charge in [-0.2, -0.15) is 0 Å². The third-order valence-corrected chi connectivity index (χ3v) is 7.36. The van der Waals surface area contributed by atoms with E-state index in [4.69, 9.17) is 23.1 Å². The number of imidazole rings is 1. The standard InChI is InChI=1S/C23H27ClN8O/c24-16-5-6-17(31-8-7-23(26,10-31)22(33)30-14-3-4-14)15(18(16)13-1-2-13)9-32-12-29-19-20(25)27-11-28-21(19)32/h5-6,11-14H,1-4,7-10,26H2,(H,30,33)(H2,25,27,28). The van der Waals surface area contributed by atoms with Crippen LogP contribution in [0, 0.1) is 0 Å². The molecule has 3 fully saturated rings. The van der Waals surface area contributed by atoms with E-state index in [1.165, 1.54) is 11.9 Å². The van der Waals surface area contributed by atoms with Gasteiger partial charge in [0, 0.05) is 35.4 Å². The van der Waals surface area contributed by atoms with Crippen LogP contribution in [-0.2, 0) is 11.3 Å². The van der Waals surface area contributed by atoms with E-state index in [0.29, 0.717) is 55.0 Å². The fraction of sp³-hybridized carbons (Fsp3) is 0.478. The van der Waals surface area contributed by atoms with Crippen LogP contribution in [-0.4, -0.2) is 50.1 Å². The number of nitrogens with one attached hydrogen (secondary N) is 1. The van der Waals surface area contributed by atoms with Gasteiger partial charge in [-0.1, -0.05) is 11.6 Å². The topological polar surface area (TPSA) is 128 Å². The van der Waals surface area contributed by atoms with Crippen molar-refractivity contribution in [2.75, 3.05) is 23.7 Å². The molecule has 2 aromatic heterocycles. The Bertz CT molecular complexity index is 1250. The highest BCUT2D eigenvalue weighted by molar-refractivity contribution is 6.31. The van der Waals surface area contributed by atoms with Crippen molar-refractivity contribution in [2.45, 2.75) is 56.1 Å². The van der Waals surface area contributed by atoms with Crippen molar-refractivity contribution in [2.24, 2.45) is 5.73 Å². The zero-order valence-corrected chi connectivity index (χ0v) is 19.1. The predicted octanol–water partition coefficient (Wildman–Crippen LogP) is 2.17. The maximum atomic E-state index is 12.8. The van der Waals surface area contributed by atoms with E-state index in [1.807, 2.05) is 10.6 Å². The van der Waals surface area contributed by atoms with Crippen LogP contribution >= 0.6 is 11.6 Å². The first-order valence-electron chi connectivity index (χ1n) is 11.5. The highest BCUT2D eigenvalue weighted by Gasteiger charge is 2.44. The predicted molar refractivity (Wildman–Crippen MR) is 127 cm³/mol. The Labute approximate surface area is 196 Å². The minimum atomic E-state index is -0.886. The number of hydrogen-bond donors (Lipinski definition) is 3. The van der Waals surface area contributed by atoms with Crippen molar-refractivity contribution in [3.63, 3.8) is 0 Å². The summed E-state index contributed by atoms with van der Waals surface area (Å²) < 4.78 is 1.99.